The Kier molecular flexibility index (Phi) is 6.16. The molecule has 1 saturated carbocycles. The number of anilines is 1. The molecule has 0 aromatic heterocycles. The van der Waals surface area contributed by atoms with Gasteiger partial charge in [-0.15, -0.1) is 0 Å². The molecule has 1 aliphatic carbocycles. The van der Waals surface area contributed by atoms with Crippen LogP contribution in [0, 0.1) is 0 Å². The van der Waals surface area contributed by atoms with Crippen LogP contribution in [0.15, 0.2) is 53.7 Å². The van der Waals surface area contributed by atoms with E-state index < -0.39 is 29.7 Å². The Morgan fingerprint density at radius 3 is 2.44 bits per heavy atom. The van der Waals surface area contributed by atoms with Gasteiger partial charge in [-0.1, -0.05) is 18.2 Å². The van der Waals surface area contributed by atoms with E-state index in [2.05, 4.69) is 10.6 Å². The van der Waals surface area contributed by atoms with Gasteiger partial charge in [0.1, 0.15) is 11.5 Å². The van der Waals surface area contributed by atoms with Gasteiger partial charge in [0.15, 0.2) is 0 Å². The number of ether oxygens (including phenoxy) is 2. The molecule has 1 heterocycles. The quantitative estimate of drug-likeness (QED) is 0.625. The van der Waals surface area contributed by atoms with Gasteiger partial charge in [-0.2, -0.15) is 13.2 Å². The first-order chi connectivity index (χ1) is 16.2. The topological polar surface area (TPSA) is 79.9 Å². The second-order valence-corrected chi connectivity index (χ2v) is 8.09. The summed E-state index contributed by atoms with van der Waals surface area (Å²) in [6.07, 6.45) is -3.15. The summed E-state index contributed by atoms with van der Waals surface area (Å²) in [5.74, 6) is 0.146. The molecule has 2 aliphatic rings. The van der Waals surface area contributed by atoms with Gasteiger partial charge in [0.25, 0.3) is 5.91 Å². The standard InChI is InChI=1S/C24H24F3N3O4/c1-13-20(22(31)28-18-12-15(33-2)10-11-19(18)34-3)21(29-23(32)30(13)14-8-9-14)16-6-4-5-7-17(16)24(25,26)27/h4-7,10-12,14,21H,8-9H2,1-3H3,(H,28,31)(H,29,32)/t21-/m0/s1. The molecule has 1 aliphatic heterocycles. The van der Waals surface area contributed by atoms with Gasteiger partial charge >= 0.3 is 12.2 Å². The molecule has 34 heavy (non-hydrogen) atoms. The van der Waals surface area contributed by atoms with Crippen LogP contribution in [-0.4, -0.2) is 37.1 Å². The Bertz CT molecular complexity index is 1160. The van der Waals surface area contributed by atoms with E-state index >= 15 is 0 Å². The summed E-state index contributed by atoms with van der Waals surface area (Å²) in [6.45, 7) is 1.58. The lowest BCUT2D eigenvalue weighted by Gasteiger charge is -2.36. The Balaban J connectivity index is 1.81. The van der Waals surface area contributed by atoms with Crippen LogP contribution in [0.1, 0.15) is 36.9 Å². The second kappa shape index (κ2) is 8.92. The minimum absolute atomic E-state index is 0.0214. The maximum atomic E-state index is 13.8. The predicted octanol–water partition coefficient (Wildman–Crippen LogP) is 4.86. The van der Waals surface area contributed by atoms with Crippen molar-refractivity contribution in [2.45, 2.75) is 38.0 Å². The minimum Gasteiger partial charge on any atom is -0.497 e. The number of urea groups is 1. The Hall–Kier alpha value is -3.69. The Morgan fingerprint density at radius 1 is 1.12 bits per heavy atom. The third kappa shape index (κ3) is 4.40. The lowest BCUT2D eigenvalue weighted by molar-refractivity contribution is -0.138. The molecule has 1 fully saturated rings. The van der Waals surface area contributed by atoms with Crippen molar-refractivity contribution in [3.05, 3.63) is 64.9 Å². The fourth-order valence-electron chi connectivity index (χ4n) is 4.17. The average molecular weight is 475 g/mol. The highest BCUT2D eigenvalue weighted by Gasteiger charge is 2.44. The van der Waals surface area contributed by atoms with E-state index in [9.17, 15) is 22.8 Å². The molecule has 0 unspecified atom stereocenters. The third-order valence-corrected chi connectivity index (χ3v) is 5.92. The first kappa shape index (κ1) is 23.5. The van der Waals surface area contributed by atoms with Crippen molar-refractivity contribution < 1.29 is 32.2 Å². The number of carbonyl (C=O) groups is 2. The molecule has 3 amide bonds. The molecular formula is C24H24F3N3O4. The highest BCUT2D eigenvalue weighted by molar-refractivity contribution is 6.07. The van der Waals surface area contributed by atoms with Gasteiger partial charge < -0.3 is 20.1 Å². The lowest BCUT2D eigenvalue weighted by atomic mass is 9.90. The maximum Gasteiger partial charge on any atom is 0.416 e. The highest BCUT2D eigenvalue weighted by atomic mass is 19.4. The molecule has 2 aromatic carbocycles. The van der Waals surface area contributed by atoms with E-state index in [-0.39, 0.29) is 22.9 Å². The summed E-state index contributed by atoms with van der Waals surface area (Å²) in [4.78, 5) is 27.9. The summed E-state index contributed by atoms with van der Waals surface area (Å²) in [7, 11) is 2.90. The predicted molar refractivity (Wildman–Crippen MR) is 118 cm³/mol. The van der Waals surface area contributed by atoms with Crippen LogP contribution in [0.25, 0.3) is 0 Å². The van der Waals surface area contributed by atoms with Crippen LogP contribution in [-0.2, 0) is 11.0 Å². The minimum atomic E-state index is -4.67. The molecule has 0 bridgehead atoms. The van der Waals surface area contributed by atoms with Crippen LogP contribution in [0.4, 0.5) is 23.7 Å². The highest BCUT2D eigenvalue weighted by Crippen LogP contribution is 2.42. The smallest absolute Gasteiger partial charge is 0.416 e. The lowest BCUT2D eigenvalue weighted by Crippen LogP contribution is -2.49. The van der Waals surface area contributed by atoms with Gasteiger partial charge in [-0.25, -0.2) is 4.79 Å². The van der Waals surface area contributed by atoms with E-state index in [1.54, 1.807) is 25.1 Å². The van der Waals surface area contributed by atoms with Crippen molar-refractivity contribution >= 4 is 17.6 Å². The van der Waals surface area contributed by atoms with E-state index in [1.807, 2.05) is 0 Å². The largest absolute Gasteiger partial charge is 0.497 e. The zero-order chi connectivity index (χ0) is 24.6. The number of amides is 3. The van der Waals surface area contributed by atoms with Crippen molar-refractivity contribution in [1.82, 2.24) is 10.2 Å². The van der Waals surface area contributed by atoms with E-state index in [4.69, 9.17) is 9.47 Å². The van der Waals surface area contributed by atoms with E-state index in [0.717, 1.165) is 18.9 Å². The van der Waals surface area contributed by atoms with Gasteiger partial charge in [-0.05, 0) is 43.5 Å². The van der Waals surface area contributed by atoms with Crippen molar-refractivity contribution in [2.75, 3.05) is 19.5 Å². The first-order valence-electron chi connectivity index (χ1n) is 10.7. The number of halogens is 3. The van der Waals surface area contributed by atoms with Crippen LogP contribution in [0.3, 0.4) is 0 Å². The normalized spacial score (nSPS) is 18.5. The van der Waals surface area contributed by atoms with Crippen molar-refractivity contribution in [3.8, 4) is 11.5 Å². The SMILES string of the molecule is COc1ccc(OC)c(NC(=O)C2=C(C)N(C3CC3)C(=O)N[C@H]2c2ccccc2C(F)(F)F)c1. The fraction of sp³-hybridized carbons (Fsp3) is 0.333. The molecule has 10 heteroatoms. The van der Waals surface area contributed by atoms with Crippen LogP contribution in [0.2, 0.25) is 0 Å². The molecular weight excluding hydrogens is 451 g/mol. The number of rotatable bonds is 6. The van der Waals surface area contributed by atoms with Gasteiger partial charge in [-0.3, -0.25) is 9.69 Å². The molecule has 1 atom stereocenters. The summed E-state index contributed by atoms with van der Waals surface area (Å²) in [5.41, 5.74) is -0.510. The number of hydrogen-bond acceptors (Lipinski definition) is 4. The Labute approximate surface area is 194 Å². The summed E-state index contributed by atoms with van der Waals surface area (Å²) in [6, 6.07) is 7.80. The van der Waals surface area contributed by atoms with Gasteiger partial charge in [0.2, 0.25) is 0 Å². The zero-order valence-corrected chi connectivity index (χ0v) is 18.8. The fourth-order valence-corrected chi connectivity index (χ4v) is 4.17. The van der Waals surface area contributed by atoms with Crippen molar-refractivity contribution in [2.24, 2.45) is 0 Å². The molecule has 0 spiro atoms. The van der Waals surface area contributed by atoms with E-state index in [0.29, 0.717) is 17.2 Å². The first-order valence-corrected chi connectivity index (χ1v) is 10.7. The maximum absolute atomic E-state index is 13.8. The van der Waals surface area contributed by atoms with Crippen LogP contribution in [0.5, 0.6) is 11.5 Å². The van der Waals surface area contributed by atoms with E-state index in [1.165, 1.54) is 37.3 Å². The zero-order valence-electron chi connectivity index (χ0n) is 18.8. The Morgan fingerprint density at radius 2 is 1.82 bits per heavy atom. The number of nitrogens with one attached hydrogen (secondary N) is 2. The monoisotopic (exact) mass is 475 g/mol. The number of carbonyl (C=O) groups excluding carboxylic acids is 2. The van der Waals surface area contributed by atoms with Crippen molar-refractivity contribution in [1.29, 1.82) is 0 Å². The number of methoxy groups -OCH3 is 2. The van der Waals surface area contributed by atoms with Gasteiger partial charge in [0.05, 0.1) is 37.1 Å². The summed E-state index contributed by atoms with van der Waals surface area (Å²) >= 11 is 0. The van der Waals surface area contributed by atoms with Gasteiger partial charge in [0, 0.05) is 17.8 Å². The number of alkyl halides is 3. The number of hydrogen-bond donors (Lipinski definition) is 2. The van der Waals surface area contributed by atoms with Crippen molar-refractivity contribution in [3.63, 3.8) is 0 Å². The summed E-state index contributed by atoms with van der Waals surface area (Å²) < 4.78 is 51.9. The molecule has 2 N–H and O–H groups in total. The molecule has 180 valence electrons. The molecule has 0 radical (unpaired) electrons. The molecule has 2 aromatic rings. The van der Waals surface area contributed by atoms with Crippen LogP contribution < -0.4 is 20.1 Å². The van der Waals surface area contributed by atoms with Crippen LogP contribution >= 0.6 is 0 Å². The number of nitrogens with zero attached hydrogens (tertiary/aromatic N) is 1. The third-order valence-electron chi connectivity index (χ3n) is 5.92. The molecule has 4 rings (SSSR count). The molecule has 7 nitrogen and oxygen atoms in total. The molecule has 0 saturated heterocycles. The number of allylic oxidation sites excluding steroid dienone is 1. The second-order valence-electron chi connectivity index (χ2n) is 8.09. The average Bonchev–Trinajstić information content (AvgIpc) is 3.63. The number of benzene rings is 2. The summed E-state index contributed by atoms with van der Waals surface area (Å²) in [5, 5.41) is 5.36.